The van der Waals surface area contributed by atoms with Crippen LogP contribution in [-0.2, 0) is 0 Å². The fourth-order valence-corrected chi connectivity index (χ4v) is 1.57. The van der Waals surface area contributed by atoms with E-state index in [1.807, 2.05) is 0 Å². The first-order valence-corrected chi connectivity index (χ1v) is 4.82. The lowest BCUT2D eigenvalue weighted by Crippen LogP contribution is -1.95. The van der Waals surface area contributed by atoms with Gasteiger partial charge in [-0.1, -0.05) is 23.2 Å². The van der Waals surface area contributed by atoms with E-state index in [9.17, 15) is 4.79 Å². The van der Waals surface area contributed by atoms with Crippen LogP contribution in [0, 0.1) is 0 Å². The number of hydrogen-bond acceptors (Lipinski definition) is 2. The number of carboxylic acids is 1. The molecule has 0 fully saturated rings. The second-order valence-electron chi connectivity index (χ2n) is 2.97. The van der Waals surface area contributed by atoms with Crippen molar-refractivity contribution < 1.29 is 9.90 Å². The van der Waals surface area contributed by atoms with Crippen LogP contribution in [0.3, 0.4) is 0 Å². The van der Waals surface area contributed by atoms with E-state index in [2.05, 4.69) is 4.98 Å². The summed E-state index contributed by atoms with van der Waals surface area (Å²) in [5.74, 6) is -0.983. The molecular formula is C10H5Cl2NO2. The quantitative estimate of drug-likeness (QED) is 0.781. The van der Waals surface area contributed by atoms with Gasteiger partial charge in [-0.05, 0) is 24.3 Å². The first-order valence-electron chi connectivity index (χ1n) is 4.07. The molecule has 1 heterocycles. The minimum absolute atomic E-state index is 0.197. The standard InChI is InChI=1S/C10H5Cl2NO2/c11-7-4-6-3-5(10(14)15)1-2-8(6)13-9(7)12/h1-4H,(H,14,15). The van der Waals surface area contributed by atoms with Gasteiger partial charge in [-0.25, -0.2) is 9.78 Å². The summed E-state index contributed by atoms with van der Waals surface area (Å²) in [7, 11) is 0. The van der Waals surface area contributed by atoms with E-state index in [1.54, 1.807) is 12.1 Å². The highest BCUT2D eigenvalue weighted by atomic mass is 35.5. The Bertz CT molecular complexity index is 554. The number of nitrogens with zero attached hydrogens (tertiary/aromatic N) is 1. The van der Waals surface area contributed by atoms with Gasteiger partial charge in [0.1, 0.15) is 5.15 Å². The third kappa shape index (κ3) is 1.89. The third-order valence-electron chi connectivity index (χ3n) is 1.97. The van der Waals surface area contributed by atoms with Gasteiger partial charge in [-0.2, -0.15) is 0 Å². The van der Waals surface area contributed by atoms with E-state index in [-0.39, 0.29) is 10.7 Å². The van der Waals surface area contributed by atoms with Crippen molar-refractivity contribution in [2.75, 3.05) is 0 Å². The molecule has 0 atom stereocenters. The first kappa shape index (κ1) is 10.2. The number of benzene rings is 1. The van der Waals surface area contributed by atoms with Gasteiger partial charge in [-0.15, -0.1) is 0 Å². The molecule has 0 amide bonds. The minimum atomic E-state index is -0.983. The number of halogens is 2. The highest BCUT2D eigenvalue weighted by Gasteiger charge is 2.06. The molecule has 5 heteroatoms. The minimum Gasteiger partial charge on any atom is -0.478 e. The Labute approximate surface area is 95.3 Å². The molecule has 1 aromatic carbocycles. The number of carbonyl (C=O) groups is 1. The molecule has 0 aliphatic rings. The Morgan fingerprint density at radius 3 is 2.67 bits per heavy atom. The van der Waals surface area contributed by atoms with Crippen LogP contribution in [0.15, 0.2) is 24.3 Å². The molecule has 0 aliphatic carbocycles. The van der Waals surface area contributed by atoms with E-state index in [0.29, 0.717) is 15.9 Å². The smallest absolute Gasteiger partial charge is 0.335 e. The van der Waals surface area contributed by atoms with Crippen molar-refractivity contribution in [1.29, 1.82) is 0 Å². The molecule has 0 radical (unpaired) electrons. The molecule has 1 N–H and O–H groups in total. The van der Waals surface area contributed by atoms with Crippen LogP contribution in [0.4, 0.5) is 0 Å². The number of hydrogen-bond donors (Lipinski definition) is 1. The second kappa shape index (κ2) is 3.68. The Morgan fingerprint density at radius 1 is 1.27 bits per heavy atom. The van der Waals surface area contributed by atoms with Crippen molar-refractivity contribution in [2.24, 2.45) is 0 Å². The Kier molecular flexibility index (Phi) is 2.50. The molecule has 0 unspecified atom stereocenters. The molecular weight excluding hydrogens is 237 g/mol. The van der Waals surface area contributed by atoms with Gasteiger partial charge >= 0.3 is 5.97 Å². The maximum atomic E-state index is 10.7. The van der Waals surface area contributed by atoms with Crippen LogP contribution in [0.25, 0.3) is 10.9 Å². The molecule has 0 saturated carbocycles. The van der Waals surface area contributed by atoms with Crippen LogP contribution in [0.5, 0.6) is 0 Å². The average Bonchev–Trinajstić information content (AvgIpc) is 2.19. The molecule has 0 aliphatic heterocycles. The zero-order chi connectivity index (χ0) is 11.0. The summed E-state index contributed by atoms with van der Waals surface area (Å²) in [5.41, 5.74) is 0.817. The first-order chi connectivity index (χ1) is 7.08. The van der Waals surface area contributed by atoms with Gasteiger partial charge < -0.3 is 5.11 Å². The van der Waals surface area contributed by atoms with Crippen LogP contribution in [-0.4, -0.2) is 16.1 Å². The van der Waals surface area contributed by atoms with Gasteiger partial charge in [0.25, 0.3) is 0 Å². The van der Waals surface area contributed by atoms with E-state index < -0.39 is 5.97 Å². The van der Waals surface area contributed by atoms with Gasteiger partial charge in [0.15, 0.2) is 0 Å². The monoisotopic (exact) mass is 241 g/mol. The highest BCUT2D eigenvalue weighted by molar-refractivity contribution is 6.41. The molecule has 0 bridgehead atoms. The largest absolute Gasteiger partial charge is 0.478 e. The highest BCUT2D eigenvalue weighted by Crippen LogP contribution is 2.25. The summed E-state index contributed by atoms with van der Waals surface area (Å²) in [6, 6.07) is 6.18. The number of pyridine rings is 1. The molecule has 2 aromatic rings. The molecule has 1 aromatic heterocycles. The van der Waals surface area contributed by atoms with E-state index in [0.717, 1.165) is 0 Å². The number of aromatic carboxylic acids is 1. The van der Waals surface area contributed by atoms with Gasteiger partial charge in [0.05, 0.1) is 16.1 Å². The predicted molar refractivity (Wildman–Crippen MR) is 58.7 cm³/mol. The van der Waals surface area contributed by atoms with Crippen molar-refractivity contribution in [1.82, 2.24) is 4.98 Å². The van der Waals surface area contributed by atoms with Crippen molar-refractivity contribution >= 4 is 40.1 Å². The maximum absolute atomic E-state index is 10.7. The lowest BCUT2D eigenvalue weighted by molar-refractivity contribution is 0.0697. The predicted octanol–water partition coefficient (Wildman–Crippen LogP) is 3.24. The van der Waals surface area contributed by atoms with E-state index in [1.165, 1.54) is 12.1 Å². The molecule has 15 heavy (non-hydrogen) atoms. The lowest BCUT2D eigenvalue weighted by atomic mass is 10.1. The summed E-state index contributed by atoms with van der Waals surface area (Å²) in [6.45, 7) is 0. The fourth-order valence-electron chi connectivity index (χ4n) is 1.26. The zero-order valence-corrected chi connectivity index (χ0v) is 8.88. The molecule has 0 saturated heterocycles. The van der Waals surface area contributed by atoms with Crippen molar-refractivity contribution in [2.45, 2.75) is 0 Å². The summed E-state index contributed by atoms with van der Waals surface area (Å²) < 4.78 is 0. The number of fused-ring (bicyclic) bond motifs is 1. The van der Waals surface area contributed by atoms with Crippen molar-refractivity contribution in [3.8, 4) is 0 Å². The lowest BCUT2D eigenvalue weighted by Gasteiger charge is -2.01. The van der Waals surface area contributed by atoms with Crippen LogP contribution in [0.2, 0.25) is 10.2 Å². The molecule has 2 rings (SSSR count). The Balaban J connectivity index is 2.72. The van der Waals surface area contributed by atoms with Gasteiger partial charge in [0, 0.05) is 5.39 Å². The zero-order valence-electron chi connectivity index (χ0n) is 7.37. The van der Waals surface area contributed by atoms with Crippen LogP contribution in [0.1, 0.15) is 10.4 Å². The molecule has 76 valence electrons. The SMILES string of the molecule is O=C(O)c1ccc2nc(Cl)c(Cl)cc2c1. The number of carboxylic acid groups (broad SMARTS) is 1. The normalized spacial score (nSPS) is 10.5. The average molecular weight is 242 g/mol. The molecule has 3 nitrogen and oxygen atoms in total. The third-order valence-corrected chi connectivity index (χ3v) is 2.65. The summed E-state index contributed by atoms with van der Waals surface area (Å²) >= 11 is 11.5. The van der Waals surface area contributed by atoms with Crippen LogP contribution >= 0.6 is 23.2 Å². The van der Waals surface area contributed by atoms with Gasteiger partial charge in [-0.3, -0.25) is 0 Å². The second-order valence-corrected chi connectivity index (χ2v) is 3.74. The van der Waals surface area contributed by atoms with Crippen LogP contribution < -0.4 is 0 Å². The van der Waals surface area contributed by atoms with E-state index in [4.69, 9.17) is 28.3 Å². The van der Waals surface area contributed by atoms with Gasteiger partial charge in [0.2, 0.25) is 0 Å². The van der Waals surface area contributed by atoms with Crippen molar-refractivity contribution in [3.63, 3.8) is 0 Å². The summed E-state index contributed by atoms with van der Waals surface area (Å²) in [4.78, 5) is 14.7. The topological polar surface area (TPSA) is 50.2 Å². The van der Waals surface area contributed by atoms with E-state index >= 15 is 0 Å². The summed E-state index contributed by atoms with van der Waals surface area (Å²) in [5, 5.41) is 9.97. The van der Waals surface area contributed by atoms with Crippen molar-refractivity contribution in [3.05, 3.63) is 40.0 Å². The number of rotatable bonds is 1. The molecule has 0 spiro atoms. The number of aromatic nitrogens is 1. The maximum Gasteiger partial charge on any atom is 0.335 e. The fraction of sp³-hybridized carbons (Fsp3) is 0. The summed E-state index contributed by atoms with van der Waals surface area (Å²) in [6.07, 6.45) is 0. The Morgan fingerprint density at radius 2 is 2.00 bits per heavy atom. The Hall–Kier alpha value is -1.32.